The summed E-state index contributed by atoms with van der Waals surface area (Å²) in [5, 5.41) is 9.40. The van der Waals surface area contributed by atoms with Crippen LogP contribution in [0.3, 0.4) is 0 Å². The number of aliphatic hydroxyl groups excluding tert-OH is 1. The van der Waals surface area contributed by atoms with E-state index in [4.69, 9.17) is 9.47 Å². The molecule has 2 aromatic rings. The molecule has 1 atom stereocenters. The molecule has 0 radical (unpaired) electrons. The Morgan fingerprint density at radius 1 is 1.19 bits per heavy atom. The third kappa shape index (κ3) is 3.73. The number of hydrogen-bond acceptors (Lipinski definition) is 3. The highest BCUT2D eigenvalue weighted by Crippen LogP contribution is 2.25. The van der Waals surface area contributed by atoms with Crippen molar-refractivity contribution in [2.75, 3.05) is 7.11 Å². The summed E-state index contributed by atoms with van der Waals surface area (Å²) in [5.74, 6) is 0.681. The molecule has 0 bridgehead atoms. The maximum absolute atomic E-state index is 13.8. The first-order valence-corrected chi connectivity index (χ1v) is 6.75. The maximum Gasteiger partial charge on any atom is 0.132 e. The van der Waals surface area contributed by atoms with Crippen LogP contribution in [0.15, 0.2) is 36.4 Å². The number of hydrogen-bond donors (Lipinski definition) is 1. The van der Waals surface area contributed by atoms with Gasteiger partial charge in [0.05, 0.1) is 13.2 Å². The molecule has 0 saturated carbocycles. The van der Waals surface area contributed by atoms with Crippen LogP contribution in [0.2, 0.25) is 0 Å². The number of ether oxygens (including phenoxy) is 2. The number of halogens is 1. The highest BCUT2D eigenvalue weighted by atomic mass is 19.1. The minimum absolute atomic E-state index is 0.260. The molecule has 2 rings (SSSR count). The summed E-state index contributed by atoms with van der Waals surface area (Å²) in [5.41, 5.74) is 2.26. The van der Waals surface area contributed by atoms with E-state index in [0.717, 1.165) is 16.9 Å². The maximum atomic E-state index is 13.8. The van der Waals surface area contributed by atoms with Crippen LogP contribution in [0.4, 0.5) is 4.39 Å². The van der Waals surface area contributed by atoms with Crippen molar-refractivity contribution in [3.05, 3.63) is 58.9 Å². The largest absolute Gasteiger partial charge is 0.496 e. The highest BCUT2D eigenvalue weighted by Gasteiger charge is 2.10. The van der Waals surface area contributed by atoms with Crippen molar-refractivity contribution in [1.82, 2.24) is 0 Å². The Hall–Kier alpha value is -2.07. The second-order valence-corrected chi connectivity index (χ2v) is 4.96. The normalized spacial score (nSPS) is 12.0. The lowest BCUT2D eigenvalue weighted by Crippen LogP contribution is -2.01. The zero-order valence-electron chi connectivity index (χ0n) is 12.4. The topological polar surface area (TPSA) is 38.7 Å². The van der Waals surface area contributed by atoms with Gasteiger partial charge in [0.15, 0.2) is 0 Å². The third-order valence-corrected chi connectivity index (χ3v) is 3.25. The Balaban J connectivity index is 2.13. The molecule has 21 heavy (non-hydrogen) atoms. The summed E-state index contributed by atoms with van der Waals surface area (Å²) >= 11 is 0. The molecule has 0 saturated heterocycles. The first-order chi connectivity index (χ1) is 10.0. The molecule has 4 heteroatoms. The SMILES string of the molecule is COc1ccc(C)cc1COc1ccc(C(C)O)c(F)c1. The van der Waals surface area contributed by atoms with Crippen LogP contribution in [-0.4, -0.2) is 12.2 Å². The smallest absolute Gasteiger partial charge is 0.132 e. The fourth-order valence-electron chi connectivity index (χ4n) is 2.12. The van der Waals surface area contributed by atoms with Gasteiger partial charge in [0.1, 0.15) is 23.9 Å². The molecule has 112 valence electrons. The molecule has 0 spiro atoms. The van der Waals surface area contributed by atoms with E-state index in [-0.39, 0.29) is 12.2 Å². The van der Waals surface area contributed by atoms with Crippen molar-refractivity contribution in [1.29, 1.82) is 0 Å². The van der Waals surface area contributed by atoms with E-state index in [1.165, 1.54) is 19.1 Å². The minimum Gasteiger partial charge on any atom is -0.496 e. The summed E-state index contributed by atoms with van der Waals surface area (Å²) < 4.78 is 24.7. The molecule has 3 nitrogen and oxygen atoms in total. The number of aliphatic hydroxyl groups is 1. The van der Waals surface area contributed by atoms with Crippen LogP contribution in [0.25, 0.3) is 0 Å². The zero-order chi connectivity index (χ0) is 15.4. The predicted octanol–water partition coefficient (Wildman–Crippen LogP) is 3.78. The quantitative estimate of drug-likeness (QED) is 0.911. The first kappa shape index (κ1) is 15.3. The van der Waals surface area contributed by atoms with Crippen LogP contribution < -0.4 is 9.47 Å². The van der Waals surface area contributed by atoms with Gasteiger partial charge in [0.2, 0.25) is 0 Å². The van der Waals surface area contributed by atoms with Gasteiger partial charge in [0, 0.05) is 17.2 Å². The van der Waals surface area contributed by atoms with Gasteiger partial charge in [-0.3, -0.25) is 0 Å². The standard InChI is InChI=1S/C17H19FO3/c1-11-4-7-17(20-3)13(8-11)10-21-14-5-6-15(12(2)19)16(18)9-14/h4-9,12,19H,10H2,1-3H3. The summed E-state index contributed by atoms with van der Waals surface area (Å²) in [6.07, 6.45) is -0.837. The lowest BCUT2D eigenvalue weighted by atomic mass is 10.1. The Labute approximate surface area is 124 Å². The summed E-state index contributed by atoms with van der Waals surface area (Å²) in [7, 11) is 1.60. The van der Waals surface area contributed by atoms with Gasteiger partial charge < -0.3 is 14.6 Å². The lowest BCUT2D eigenvalue weighted by Gasteiger charge is -2.12. The van der Waals surface area contributed by atoms with Crippen LogP contribution >= 0.6 is 0 Å². The minimum atomic E-state index is -0.837. The molecular formula is C17H19FO3. The predicted molar refractivity (Wildman–Crippen MR) is 79.1 cm³/mol. The van der Waals surface area contributed by atoms with E-state index >= 15 is 0 Å². The van der Waals surface area contributed by atoms with Crippen LogP contribution in [0.5, 0.6) is 11.5 Å². The molecule has 0 aliphatic heterocycles. The van der Waals surface area contributed by atoms with Gasteiger partial charge in [-0.25, -0.2) is 4.39 Å². The van der Waals surface area contributed by atoms with Crippen molar-refractivity contribution in [3.63, 3.8) is 0 Å². The Bertz CT molecular complexity index is 623. The van der Waals surface area contributed by atoms with E-state index < -0.39 is 11.9 Å². The summed E-state index contributed by atoms with van der Waals surface area (Å²) in [6, 6.07) is 10.3. The third-order valence-electron chi connectivity index (χ3n) is 3.25. The zero-order valence-corrected chi connectivity index (χ0v) is 12.4. The molecule has 0 aliphatic rings. The number of aryl methyl sites for hydroxylation is 1. The van der Waals surface area contributed by atoms with E-state index in [9.17, 15) is 9.50 Å². The Morgan fingerprint density at radius 3 is 2.57 bits per heavy atom. The molecule has 0 heterocycles. The summed E-state index contributed by atoms with van der Waals surface area (Å²) in [6.45, 7) is 3.80. The highest BCUT2D eigenvalue weighted by molar-refractivity contribution is 5.37. The lowest BCUT2D eigenvalue weighted by molar-refractivity contribution is 0.194. The molecule has 0 fully saturated rings. The van der Waals surface area contributed by atoms with Crippen molar-refractivity contribution >= 4 is 0 Å². The van der Waals surface area contributed by atoms with Gasteiger partial charge in [-0.15, -0.1) is 0 Å². The molecule has 0 amide bonds. The van der Waals surface area contributed by atoms with Gasteiger partial charge in [-0.1, -0.05) is 11.6 Å². The van der Waals surface area contributed by atoms with Gasteiger partial charge in [-0.2, -0.15) is 0 Å². The van der Waals surface area contributed by atoms with Gasteiger partial charge in [0.25, 0.3) is 0 Å². The fraction of sp³-hybridized carbons (Fsp3) is 0.294. The fourth-order valence-corrected chi connectivity index (χ4v) is 2.12. The number of methoxy groups -OCH3 is 1. The second-order valence-electron chi connectivity index (χ2n) is 4.96. The van der Waals surface area contributed by atoms with Crippen molar-refractivity contribution in [3.8, 4) is 11.5 Å². The average Bonchev–Trinajstić information content (AvgIpc) is 2.45. The van der Waals surface area contributed by atoms with Gasteiger partial charge in [-0.05, 0) is 38.1 Å². The van der Waals surface area contributed by atoms with E-state index in [1.54, 1.807) is 13.2 Å². The Kier molecular flexibility index (Phi) is 4.81. The second kappa shape index (κ2) is 6.59. The van der Waals surface area contributed by atoms with E-state index in [1.807, 2.05) is 25.1 Å². The van der Waals surface area contributed by atoms with Crippen LogP contribution in [0.1, 0.15) is 29.7 Å². The van der Waals surface area contributed by atoms with E-state index in [2.05, 4.69) is 0 Å². The molecular weight excluding hydrogens is 271 g/mol. The van der Waals surface area contributed by atoms with Crippen LogP contribution in [-0.2, 0) is 6.61 Å². The van der Waals surface area contributed by atoms with Crippen LogP contribution in [0, 0.1) is 12.7 Å². The monoisotopic (exact) mass is 290 g/mol. The first-order valence-electron chi connectivity index (χ1n) is 6.75. The van der Waals surface area contributed by atoms with Crippen molar-refractivity contribution in [2.24, 2.45) is 0 Å². The molecule has 0 aliphatic carbocycles. The Morgan fingerprint density at radius 2 is 1.95 bits per heavy atom. The van der Waals surface area contributed by atoms with Crippen molar-refractivity contribution in [2.45, 2.75) is 26.6 Å². The average molecular weight is 290 g/mol. The number of benzene rings is 2. The molecule has 0 aromatic heterocycles. The molecule has 1 unspecified atom stereocenters. The number of rotatable bonds is 5. The molecule has 2 aromatic carbocycles. The summed E-state index contributed by atoms with van der Waals surface area (Å²) in [4.78, 5) is 0. The molecule has 1 N–H and O–H groups in total. The van der Waals surface area contributed by atoms with Gasteiger partial charge >= 0.3 is 0 Å². The van der Waals surface area contributed by atoms with Crippen molar-refractivity contribution < 1.29 is 19.0 Å². The van der Waals surface area contributed by atoms with E-state index in [0.29, 0.717) is 5.75 Å².